The second-order valence-electron chi connectivity index (χ2n) is 5.35. The molecule has 2 aromatic carbocycles. The normalized spacial score (nSPS) is 10.2. The average Bonchev–Trinajstić information content (AvgIpc) is 2.53. The number of aryl methyl sites for hydroxylation is 2. The van der Waals surface area contributed by atoms with Gasteiger partial charge in [0.15, 0.2) is 0 Å². The van der Waals surface area contributed by atoms with E-state index in [0.29, 0.717) is 0 Å². The summed E-state index contributed by atoms with van der Waals surface area (Å²) in [5.74, 6) is -1.16. The van der Waals surface area contributed by atoms with E-state index in [1.165, 1.54) is 0 Å². The Hall–Kier alpha value is -2.62. The van der Waals surface area contributed by atoms with Gasteiger partial charge in [-0.1, -0.05) is 48.5 Å². The van der Waals surface area contributed by atoms with Crippen LogP contribution in [-0.4, -0.2) is 11.9 Å². The van der Waals surface area contributed by atoms with Crippen LogP contribution in [0.3, 0.4) is 0 Å². The van der Waals surface area contributed by atoms with Gasteiger partial charge in [-0.15, -0.1) is 0 Å². The van der Waals surface area contributed by atoms with Crippen LogP contribution in [0.4, 0.5) is 0 Å². The molecule has 0 unspecified atom stereocenters. The van der Waals surface area contributed by atoms with Gasteiger partial charge >= 0.3 is 11.9 Å². The first-order chi connectivity index (χ1) is 11.1. The summed E-state index contributed by atoms with van der Waals surface area (Å²) >= 11 is 0. The molecule has 0 saturated carbocycles. The third-order valence-electron chi connectivity index (χ3n) is 3.59. The Kier molecular flexibility index (Phi) is 5.92. The first-order valence-electron chi connectivity index (χ1n) is 7.46. The molecule has 4 heteroatoms. The summed E-state index contributed by atoms with van der Waals surface area (Å²) in [6.07, 6.45) is -0.377. The maximum absolute atomic E-state index is 11.7. The van der Waals surface area contributed by atoms with E-state index in [-0.39, 0.29) is 19.6 Å². The van der Waals surface area contributed by atoms with Gasteiger partial charge < -0.3 is 9.47 Å². The van der Waals surface area contributed by atoms with Crippen molar-refractivity contribution in [1.82, 2.24) is 0 Å². The lowest BCUT2D eigenvalue weighted by molar-refractivity contribution is -0.156. The molecule has 0 atom stereocenters. The third-order valence-corrected chi connectivity index (χ3v) is 3.59. The maximum atomic E-state index is 11.7. The Labute approximate surface area is 136 Å². The van der Waals surface area contributed by atoms with E-state index in [2.05, 4.69) is 0 Å². The molecule has 0 saturated heterocycles. The number of hydrogen-bond acceptors (Lipinski definition) is 4. The molecule has 4 nitrogen and oxygen atoms in total. The Morgan fingerprint density at radius 1 is 0.739 bits per heavy atom. The highest BCUT2D eigenvalue weighted by Gasteiger charge is 2.13. The smallest absolute Gasteiger partial charge is 0.317 e. The molecule has 2 aromatic rings. The zero-order valence-corrected chi connectivity index (χ0v) is 13.4. The van der Waals surface area contributed by atoms with Crippen LogP contribution in [-0.2, 0) is 32.3 Å². The second-order valence-corrected chi connectivity index (χ2v) is 5.35. The van der Waals surface area contributed by atoms with Crippen molar-refractivity contribution in [3.05, 3.63) is 70.8 Å². The van der Waals surface area contributed by atoms with Crippen molar-refractivity contribution in [2.24, 2.45) is 0 Å². The molecular weight excluding hydrogens is 292 g/mol. The van der Waals surface area contributed by atoms with Gasteiger partial charge in [-0.3, -0.25) is 9.59 Å². The zero-order chi connectivity index (χ0) is 16.7. The van der Waals surface area contributed by atoms with Gasteiger partial charge in [-0.2, -0.15) is 0 Å². The molecule has 0 bridgehead atoms. The Bertz CT molecular complexity index is 632. The molecule has 0 amide bonds. The Morgan fingerprint density at radius 2 is 1.13 bits per heavy atom. The van der Waals surface area contributed by atoms with Crippen molar-refractivity contribution in [2.75, 3.05) is 0 Å². The molecular formula is C19H20O4. The predicted molar refractivity (Wildman–Crippen MR) is 86.6 cm³/mol. The van der Waals surface area contributed by atoms with E-state index in [9.17, 15) is 9.59 Å². The van der Waals surface area contributed by atoms with E-state index in [4.69, 9.17) is 9.47 Å². The summed E-state index contributed by atoms with van der Waals surface area (Å²) < 4.78 is 10.2. The molecule has 0 N–H and O–H groups in total. The van der Waals surface area contributed by atoms with Gasteiger partial charge in [0.2, 0.25) is 0 Å². The summed E-state index contributed by atoms with van der Waals surface area (Å²) in [6, 6.07) is 15.3. The number of rotatable bonds is 6. The molecule has 0 fully saturated rings. The maximum Gasteiger partial charge on any atom is 0.317 e. The van der Waals surface area contributed by atoms with Crippen molar-refractivity contribution < 1.29 is 19.1 Å². The van der Waals surface area contributed by atoms with Gasteiger partial charge in [0, 0.05) is 0 Å². The first-order valence-corrected chi connectivity index (χ1v) is 7.46. The number of hydrogen-bond donors (Lipinski definition) is 0. The third kappa shape index (κ3) is 5.25. The van der Waals surface area contributed by atoms with Gasteiger partial charge in [0.25, 0.3) is 0 Å². The fraction of sp³-hybridized carbons (Fsp3) is 0.263. The topological polar surface area (TPSA) is 52.6 Å². The fourth-order valence-electron chi connectivity index (χ4n) is 2.08. The van der Waals surface area contributed by atoms with Crippen LogP contribution in [0.15, 0.2) is 48.5 Å². The highest BCUT2D eigenvalue weighted by Crippen LogP contribution is 2.10. The van der Waals surface area contributed by atoms with Crippen molar-refractivity contribution in [3.8, 4) is 0 Å². The largest absolute Gasteiger partial charge is 0.460 e. The molecule has 0 aliphatic heterocycles. The van der Waals surface area contributed by atoms with Crippen molar-refractivity contribution in [2.45, 2.75) is 33.5 Å². The summed E-state index contributed by atoms with van der Waals surface area (Å²) in [6.45, 7) is 4.21. The lowest BCUT2D eigenvalue weighted by Crippen LogP contribution is -2.14. The summed E-state index contributed by atoms with van der Waals surface area (Å²) in [7, 11) is 0. The summed E-state index contributed by atoms with van der Waals surface area (Å²) in [4.78, 5) is 23.4. The molecule has 0 heterocycles. The van der Waals surface area contributed by atoms with Crippen LogP contribution >= 0.6 is 0 Å². The SMILES string of the molecule is Cc1ccccc1COC(=O)CC(=O)OCc1ccccc1C. The van der Waals surface area contributed by atoms with Crippen LogP contribution in [0, 0.1) is 13.8 Å². The number of esters is 2. The van der Waals surface area contributed by atoms with E-state index in [1.807, 2.05) is 62.4 Å². The number of ether oxygens (including phenoxy) is 2. The van der Waals surface area contributed by atoms with Crippen LogP contribution < -0.4 is 0 Å². The fourth-order valence-corrected chi connectivity index (χ4v) is 2.08. The standard InChI is InChI=1S/C19H20O4/c1-14-7-3-5-9-16(14)12-22-18(20)11-19(21)23-13-17-10-6-4-8-15(17)2/h3-10H,11-13H2,1-2H3. The van der Waals surface area contributed by atoms with Crippen LogP contribution in [0.5, 0.6) is 0 Å². The van der Waals surface area contributed by atoms with Gasteiger partial charge in [0.1, 0.15) is 19.6 Å². The predicted octanol–water partition coefficient (Wildman–Crippen LogP) is 3.48. The number of carbonyl (C=O) groups excluding carboxylic acids is 2. The van der Waals surface area contributed by atoms with Gasteiger partial charge in [0.05, 0.1) is 0 Å². The molecule has 0 aliphatic rings. The molecule has 120 valence electrons. The van der Waals surface area contributed by atoms with Gasteiger partial charge in [-0.25, -0.2) is 0 Å². The monoisotopic (exact) mass is 312 g/mol. The summed E-state index contributed by atoms with van der Waals surface area (Å²) in [5.41, 5.74) is 3.94. The Morgan fingerprint density at radius 3 is 1.52 bits per heavy atom. The lowest BCUT2D eigenvalue weighted by atomic mass is 10.1. The minimum Gasteiger partial charge on any atom is -0.460 e. The van der Waals surface area contributed by atoms with E-state index >= 15 is 0 Å². The Balaban J connectivity index is 1.76. The molecule has 0 spiro atoms. The van der Waals surface area contributed by atoms with Crippen LogP contribution in [0.1, 0.15) is 28.7 Å². The lowest BCUT2D eigenvalue weighted by Gasteiger charge is -2.08. The first kappa shape index (κ1) is 16.7. The van der Waals surface area contributed by atoms with Crippen molar-refractivity contribution >= 4 is 11.9 Å². The van der Waals surface area contributed by atoms with E-state index in [1.54, 1.807) is 0 Å². The molecule has 0 aromatic heterocycles. The minimum atomic E-state index is -0.581. The average molecular weight is 312 g/mol. The van der Waals surface area contributed by atoms with E-state index in [0.717, 1.165) is 22.3 Å². The van der Waals surface area contributed by atoms with E-state index < -0.39 is 11.9 Å². The molecule has 23 heavy (non-hydrogen) atoms. The van der Waals surface area contributed by atoms with Crippen molar-refractivity contribution in [1.29, 1.82) is 0 Å². The highest BCUT2D eigenvalue weighted by molar-refractivity contribution is 5.91. The van der Waals surface area contributed by atoms with Crippen LogP contribution in [0.2, 0.25) is 0 Å². The number of carbonyl (C=O) groups is 2. The summed E-state index contributed by atoms with van der Waals surface area (Å²) in [5, 5.41) is 0. The zero-order valence-electron chi connectivity index (χ0n) is 13.4. The van der Waals surface area contributed by atoms with Crippen LogP contribution in [0.25, 0.3) is 0 Å². The number of benzene rings is 2. The van der Waals surface area contributed by atoms with Gasteiger partial charge in [-0.05, 0) is 36.1 Å². The quantitative estimate of drug-likeness (QED) is 0.605. The molecule has 0 radical (unpaired) electrons. The molecule has 2 rings (SSSR count). The van der Waals surface area contributed by atoms with Crippen molar-refractivity contribution in [3.63, 3.8) is 0 Å². The molecule has 0 aliphatic carbocycles. The highest BCUT2D eigenvalue weighted by atomic mass is 16.6. The minimum absolute atomic E-state index is 0.163. The second kappa shape index (κ2) is 8.13.